The smallest absolute Gasteiger partial charge is 0.312 e. The molecule has 51 heavy (non-hydrogen) atoms. The number of allylic oxidation sites excluding steroid dienone is 2. The van der Waals surface area contributed by atoms with Crippen LogP contribution < -0.4 is 15.8 Å². The van der Waals surface area contributed by atoms with Crippen LogP contribution in [0.1, 0.15) is 85.1 Å². The van der Waals surface area contributed by atoms with E-state index in [1.165, 1.54) is 53.0 Å². The van der Waals surface area contributed by atoms with Gasteiger partial charge in [0.15, 0.2) is 11.6 Å². The zero-order valence-electron chi connectivity index (χ0n) is 30.3. The number of esters is 1. The zero-order chi connectivity index (χ0) is 38.3. The van der Waals surface area contributed by atoms with Gasteiger partial charge in [0.2, 0.25) is 5.91 Å². The minimum absolute atomic E-state index is 0.00691. The first-order valence-electron chi connectivity index (χ1n) is 16.8. The average Bonchev–Trinajstić information content (AvgIpc) is 3.35. The second-order valence-corrected chi connectivity index (χ2v) is 13.9. The molecule has 1 aliphatic carbocycles. The van der Waals surface area contributed by atoms with Crippen LogP contribution in [-0.4, -0.2) is 93.9 Å². The molecule has 6 N–H and O–H groups in total. The van der Waals surface area contributed by atoms with Crippen molar-refractivity contribution in [2.45, 2.75) is 97.7 Å². The van der Waals surface area contributed by atoms with Gasteiger partial charge in [-0.2, -0.15) is 0 Å². The molecule has 14 heteroatoms. The first-order chi connectivity index (χ1) is 23.8. The highest BCUT2D eigenvalue weighted by Crippen LogP contribution is 2.48. The second-order valence-electron chi connectivity index (χ2n) is 13.9. The molecule has 0 saturated heterocycles. The highest BCUT2D eigenvalue weighted by atomic mass is 16.7. The van der Waals surface area contributed by atoms with Gasteiger partial charge in [-0.1, -0.05) is 45.9 Å². The SMILES string of the molecule is CO[C@H]1/C=C/O[C@@]2(C)Oc3c(C)c(O)c4c(c3C2=O)C(=O)C(N)C(NC(=O)/C(C)=C\C=C\[C@H](C)[C@H](O)[C@@H](C)[C@@H](O)[C@@H](C)[C@H](OC(C)=O)[C@@H]1C)C4=O. The van der Waals surface area contributed by atoms with E-state index in [0.717, 1.165) is 6.26 Å². The van der Waals surface area contributed by atoms with Crippen LogP contribution in [-0.2, 0) is 23.8 Å². The summed E-state index contributed by atoms with van der Waals surface area (Å²) in [5.74, 6) is -9.20. The highest BCUT2D eigenvalue weighted by Gasteiger charge is 2.54. The largest absolute Gasteiger partial charge is 0.507 e. The van der Waals surface area contributed by atoms with Crippen molar-refractivity contribution in [3.63, 3.8) is 0 Å². The Labute approximate surface area is 296 Å². The summed E-state index contributed by atoms with van der Waals surface area (Å²) in [5.41, 5.74) is 5.17. The third kappa shape index (κ3) is 7.23. The maximum Gasteiger partial charge on any atom is 0.312 e. The summed E-state index contributed by atoms with van der Waals surface area (Å²) in [7, 11) is 1.41. The molecule has 1 aromatic rings. The van der Waals surface area contributed by atoms with Crippen molar-refractivity contribution < 1.29 is 58.2 Å². The standard InChI is InChI=1S/C37H48N2O12/c1-15-11-10-12-16(2)36(47)39-27-26(38)31(44)23-24(32(27)45)30(43)20(6)34-25(23)35(46)37(8,51-34)49-14-13-22(48-9)17(3)33(50-21(7)40)19(5)29(42)18(4)28(15)41/h10-15,17-19,22,26-29,33,41-43H,38H2,1-9H3,(H,39,47)/b11-10+,14-13+,16-12-/t15-,17+,18+,19+,22-,26?,27?,28-,29+,33+,37-/m0/s1. The number of amides is 1. The van der Waals surface area contributed by atoms with Crippen molar-refractivity contribution in [1.29, 1.82) is 0 Å². The van der Waals surface area contributed by atoms with Crippen LogP contribution in [0.15, 0.2) is 36.1 Å². The Morgan fingerprint density at radius 2 is 1.59 bits per heavy atom. The molecule has 0 fully saturated rings. The first kappa shape index (κ1) is 39.4. The van der Waals surface area contributed by atoms with Crippen LogP contribution in [0.2, 0.25) is 0 Å². The molecule has 11 atom stereocenters. The van der Waals surface area contributed by atoms with Gasteiger partial charge in [0.05, 0.1) is 41.7 Å². The molecule has 0 radical (unpaired) electrons. The Kier molecular flexibility index (Phi) is 11.7. The number of ketones is 3. The number of hydrogen-bond donors (Lipinski definition) is 5. The lowest BCUT2D eigenvalue weighted by Crippen LogP contribution is -2.59. The summed E-state index contributed by atoms with van der Waals surface area (Å²) in [5, 5.41) is 36.2. The Hall–Kier alpha value is -4.37. The number of Topliss-reactive ketones (excluding diaryl/α,β-unsaturated/α-hetero) is 3. The van der Waals surface area contributed by atoms with Gasteiger partial charge in [0, 0.05) is 61.3 Å². The minimum atomic E-state index is -2.06. The number of methoxy groups -OCH3 is 1. The summed E-state index contributed by atoms with van der Waals surface area (Å²) < 4.78 is 23.1. The summed E-state index contributed by atoms with van der Waals surface area (Å²) in [6.07, 6.45) is 3.34. The molecule has 2 unspecified atom stereocenters. The number of aromatic hydroxyl groups is 1. The zero-order valence-corrected chi connectivity index (χ0v) is 30.3. The number of hydrogen-bond acceptors (Lipinski definition) is 13. The number of rotatable bonds is 2. The van der Waals surface area contributed by atoms with E-state index in [1.807, 2.05) is 0 Å². The van der Waals surface area contributed by atoms with Crippen LogP contribution in [0.4, 0.5) is 0 Å². The molecule has 0 aromatic heterocycles. The van der Waals surface area contributed by atoms with E-state index in [-0.39, 0.29) is 22.4 Å². The molecule has 1 amide bonds. The van der Waals surface area contributed by atoms with E-state index in [2.05, 4.69) is 5.32 Å². The third-order valence-electron chi connectivity index (χ3n) is 10.3. The molecule has 14 nitrogen and oxygen atoms in total. The van der Waals surface area contributed by atoms with Gasteiger partial charge in [-0.3, -0.25) is 24.0 Å². The number of aliphatic hydroxyl groups excluding tert-OH is 2. The summed E-state index contributed by atoms with van der Waals surface area (Å²) in [6, 6.07) is -3.16. The van der Waals surface area contributed by atoms with E-state index in [9.17, 15) is 39.3 Å². The number of carbonyl (C=O) groups is 5. The van der Waals surface area contributed by atoms with Gasteiger partial charge in [0.25, 0.3) is 5.78 Å². The lowest BCUT2D eigenvalue weighted by atomic mass is 9.77. The Bertz CT molecular complexity index is 1700. The lowest BCUT2D eigenvalue weighted by molar-refractivity contribution is -0.160. The van der Waals surface area contributed by atoms with E-state index in [4.69, 9.17) is 24.7 Å². The number of benzene rings is 1. The summed E-state index contributed by atoms with van der Waals surface area (Å²) in [4.78, 5) is 66.9. The van der Waals surface area contributed by atoms with Crippen LogP contribution in [0, 0.1) is 30.6 Å². The summed E-state index contributed by atoms with van der Waals surface area (Å²) >= 11 is 0. The van der Waals surface area contributed by atoms with Crippen molar-refractivity contribution in [2.24, 2.45) is 29.4 Å². The normalized spacial score (nSPS) is 37.1. The van der Waals surface area contributed by atoms with Gasteiger partial charge >= 0.3 is 11.8 Å². The molecule has 4 aliphatic rings. The van der Waals surface area contributed by atoms with Crippen LogP contribution in [0.25, 0.3) is 0 Å². The first-order valence-corrected chi connectivity index (χ1v) is 16.8. The highest BCUT2D eigenvalue weighted by molar-refractivity contribution is 6.27. The Morgan fingerprint density at radius 3 is 2.20 bits per heavy atom. The van der Waals surface area contributed by atoms with Crippen molar-refractivity contribution in [3.8, 4) is 11.5 Å². The predicted molar refractivity (Wildman–Crippen MR) is 183 cm³/mol. The molecule has 1 aromatic carbocycles. The van der Waals surface area contributed by atoms with Crippen molar-refractivity contribution >= 4 is 29.2 Å². The second kappa shape index (κ2) is 15.1. The van der Waals surface area contributed by atoms with Gasteiger partial charge in [0.1, 0.15) is 23.6 Å². The van der Waals surface area contributed by atoms with Gasteiger partial charge in [-0.25, -0.2) is 0 Å². The van der Waals surface area contributed by atoms with Gasteiger partial charge in [-0.05, 0) is 19.9 Å². The van der Waals surface area contributed by atoms with Crippen LogP contribution in [0.5, 0.6) is 11.5 Å². The fraction of sp³-hybridized carbons (Fsp3) is 0.541. The molecule has 0 spiro atoms. The number of ether oxygens (including phenoxy) is 4. The number of phenols is 1. The number of phenolic OH excluding ortho intramolecular Hbond substituents is 1. The number of fused-ring (bicyclic) bond motifs is 14. The average molecular weight is 713 g/mol. The number of nitrogens with one attached hydrogen (secondary N) is 1. The molecular weight excluding hydrogens is 664 g/mol. The van der Waals surface area contributed by atoms with Gasteiger partial charge in [-0.15, -0.1) is 0 Å². The molecule has 3 heterocycles. The maximum atomic E-state index is 14.0. The van der Waals surface area contributed by atoms with E-state index in [0.29, 0.717) is 0 Å². The third-order valence-corrected chi connectivity index (χ3v) is 10.3. The molecule has 278 valence electrons. The van der Waals surface area contributed by atoms with Crippen molar-refractivity contribution in [2.75, 3.05) is 7.11 Å². The fourth-order valence-corrected chi connectivity index (χ4v) is 6.97. The van der Waals surface area contributed by atoms with Crippen molar-refractivity contribution in [3.05, 3.63) is 58.4 Å². The van der Waals surface area contributed by atoms with Crippen LogP contribution in [0.3, 0.4) is 0 Å². The fourth-order valence-electron chi connectivity index (χ4n) is 6.97. The molecular formula is C37H48N2O12. The Balaban J connectivity index is 1.84. The minimum Gasteiger partial charge on any atom is -0.507 e. The monoisotopic (exact) mass is 712 g/mol. The topological polar surface area (TPSA) is 221 Å². The van der Waals surface area contributed by atoms with Crippen molar-refractivity contribution in [1.82, 2.24) is 5.32 Å². The quantitative estimate of drug-likeness (QED) is 0.279. The molecule has 3 aliphatic heterocycles. The van der Waals surface area contributed by atoms with E-state index in [1.54, 1.807) is 33.8 Å². The molecule has 5 bridgehead atoms. The molecule has 5 rings (SSSR count). The Morgan fingerprint density at radius 1 is 0.941 bits per heavy atom. The predicted octanol–water partition coefficient (Wildman–Crippen LogP) is 2.44. The summed E-state index contributed by atoms with van der Waals surface area (Å²) in [6.45, 7) is 12.2. The maximum absolute atomic E-state index is 14.0. The molecule has 0 saturated carbocycles. The lowest BCUT2D eigenvalue weighted by Gasteiger charge is -2.38. The van der Waals surface area contributed by atoms with Crippen LogP contribution >= 0.6 is 0 Å². The van der Waals surface area contributed by atoms with E-state index >= 15 is 0 Å². The number of nitrogens with two attached hydrogens (primary N) is 1. The number of aliphatic hydroxyl groups is 2. The van der Waals surface area contributed by atoms with Gasteiger partial charge < -0.3 is 45.3 Å². The number of carbonyl (C=O) groups excluding carboxylic acids is 5. The van der Waals surface area contributed by atoms with E-state index < -0.39 is 112 Å².